The normalized spacial score (nSPS) is 25.3. The number of likely N-dealkylation sites (tertiary alicyclic amines) is 1. The van der Waals surface area contributed by atoms with Crippen molar-refractivity contribution in [1.82, 2.24) is 14.9 Å². The van der Waals surface area contributed by atoms with Gasteiger partial charge in [-0.05, 0) is 25.7 Å². The van der Waals surface area contributed by atoms with Crippen LogP contribution in [0.5, 0.6) is 0 Å². The second-order valence-electron chi connectivity index (χ2n) is 6.76. The summed E-state index contributed by atoms with van der Waals surface area (Å²) in [4.78, 5) is 22.5. The fourth-order valence-electron chi connectivity index (χ4n) is 3.34. The molecule has 1 aromatic rings. The lowest BCUT2D eigenvalue weighted by atomic mass is 9.92. The predicted molar refractivity (Wildman–Crippen MR) is 75.6 cm³/mol. The Hall–Kier alpha value is -1.79. The molecule has 1 amide bonds. The van der Waals surface area contributed by atoms with Crippen molar-refractivity contribution in [3.05, 3.63) is 17.6 Å². The predicted octanol–water partition coefficient (Wildman–Crippen LogP) is 2.20. The third kappa shape index (κ3) is 2.06. The van der Waals surface area contributed by atoms with Crippen LogP contribution in [0.25, 0.3) is 0 Å². The summed E-state index contributed by atoms with van der Waals surface area (Å²) in [5.41, 5.74) is 5.31. The highest BCUT2D eigenvalue weighted by molar-refractivity contribution is 5.98. The van der Waals surface area contributed by atoms with Gasteiger partial charge in [0.2, 0.25) is 0 Å². The maximum absolute atomic E-state index is 13.4. The zero-order valence-electron chi connectivity index (χ0n) is 12.2. The zero-order valence-corrected chi connectivity index (χ0v) is 12.2. The van der Waals surface area contributed by atoms with Crippen LogP contribution < -0.4 is 5.73 Å². The molecule has 2 heterocycles. The summed E-state index contributed by atoms with van der Waals surface area (Å²) in [7, 11) is 0. The molecule has 2 aliphatic carbocycles. The number of carbonyl (C=O) groups excluding carboxylic acids is 1. The maximum Gasteiger partial charge on any atom is 0.259 e. The molecular formula is C15H18F2N4O. The largest absolute Gasteiger partial charge is 0.383 e. The number of halogens is 2. The molecule has 0 radical (unpaired) electrons. The van der Waals surface area contributed by atoms with Crippen molar-refractivity contribution in [3.63, 3.8) is 0 Å². The van der Waals surface area contributed by atoms with Crippen LogP contribution in [0.3, 0.4) is 0 Å². The molecule has 2 saturated carbocycles. The van der Waals surface area contributed by atoms with E-state index in [9.17, 15) is 13.6 Å². The summed E-state index contributed by atoms with van der Waals surface area (Å²) in [6.45, 7) is 0.691. The zero-order chi connectivity index (χ0) is 15.5. The van der Waals surface area contributed by atoms with Crippen LogP contribution in [0.15, 0.2) is 6.20 Å². The van der Waals surface area contributed by atoms with Crippen LogP contribution in [-0.4, -0.2) is 39.8 Å². The summed E-state index contributed by atoms with van der Waals surface area (Å²) >= 11 is 0. The van der Waals surface area contributed by atoms with E-state index < -0.39 is 11.3 Å². The van der Waals surface area contributed by atoms with Gasteiger partial charge in [-0.15, -0.1) is 0 Å². The lowest BCUT2D eigenvalue weighted by Crippen LogP contribution is -2.40. The number of rotatable bonds is 2. The van der Waals surface area contributed by atoms with Crippen LogP contribution >= 0.6 is 0 Å². The molecule has 1 saturated heterocycles. The van der Waals surface area contributed by atoms with Gasteiger partial charge >= 0.3 is 0 Å². The smallest absolute Gasteiger partial charge is 0.259 e. The highest BCUT2D eigenvalue weighted by Crippen LogP contribution is 2.65. The van der Waals surface area contributed by atoms with Crippen LogP contribution in [-0.2, 0) is 0 Å². The maximum atomic E-state index is 13.4. The van der Waals surface area contributed by atoms with Gasteiger partial charge < -0.3 is 10.6 Å². The van der Waals surface area contributed by atoms with E-state index in [0.29, 0.717) is 37.7 Å². The van der Waals surface area contributed by atoms with Crippen molar-refractivity contribution in [2.45, 2.75) is 43.9 Å². The number of piperidine rings is 1. The van der Waals surface area contributed by atoms with Gasteiger partial charge in [-0.2, -0.15) is 0 Å². The SMILES string of the molecule is Nc1nc(C2CC2)ncc1C(=O)N1CCC2(CC1)CC2(F)F. The van der Waals surface area contributed by atoms with E-state index >= 15 is 0 Å². The topological polar surface area (TPSA) is 72.1 Å². The molecule has 4 rings (SSSR count). The quantitative estimate of drug-likeness (QED) is 0.909. The lowest BCUT2D eigenvalue weighted by molar-refractivity contribution is 0.0284. The minimum Gasteiger partial charge on any atom is -0.383 e. The summed E-state index contributed by atoms with van der Waals surface area (Å²) in [5.74, 6) is -1.53. The minimum atomic E-state index is -2.55. The Labute approximate surface area is 126 Å². The van der Waals surface area contributed by atoms with E-state index in [4.69, 9.17) is 5.73 Å². The first-order valence-electron chi connectivity index (χ1n) is 7.71. The highest BCUT2D eigenvalue weighted by Gasteiger charge is 2.70. The lowest BCUT2D eigenvalue weighted by Gasteiger charge is -2.32. The number of amides is 1. The van der Waals surface area contributed by atoms with E-state index in [0.717, 1.165) is 12.8 Å². The third-order valence-corrected chi connectivity index (χ3v) is 5.23. The molecule has 118 valence electrons. The fraction of sp³-hybridized carbons (Fsp3) is 0.667. The Bertz CT molecular complexity index is 636. The average molecular weight is 308 g/mol. The number of aromatic nitrogens is 2. The van der Waals surface area contributed by atoms with Gasteiger partial charge in [0.05, 0.1) is 0 Å². The standard InChI is InChI=1S/C15H18F2N4O/c16-15(17)8-14(15)3-5-21(6-4-14)13(22)10-7-19-12(9-1-2-9)20-11(10)18/h7,9H,1-6,8H2,(H2,18,19,20). The van der Waals surface area contributed by atoms with Gasteiger partial charge in [0.15, 0.2) is 0 Å². The first-order chi connectivity index (χ1) is 10.4. The van der Waals surface area contributed by atoms with E-state index in [1.165, 1.54) is 6.20 Å². The van der Waals surface area contributed by atoms with E-state index in [2.05, 4.69) is 9.97 Å². The Balaban J connectivity index is 1.46. The van der Waals surface area contributed by atoms with Gasteiger partial charge in [-0.25, -0.2) is 18.7 Å². The van der Waals surface area contributed by atoms with Gasteiger partial charge in [0.25, 0.3) is 11.8 Å². The highest BCUT2D eigenvalue weighted by atomic mass is 19.3. The monoisotopic (exact) mass is 308 g/mol. The summed E-state index contributed by atoms with van der Waals surface area (Å²) < 4.78 is 26.7. The molecule has 22 heavy (non-hydrogen) atoms. The molecule has 5 nitrogen and oxygen atoms in total. The molecule has 1 aliphatic heterocycles. The number of anilines is 1. The summed E-state index contributed by atoms with van der Waals surface area (Å²) in [6.07, 6.45) is 4.28. The van der Waals surface area contributed by atoms with Crippen molar-refractivity contribution in [3.8, 4) is 0 Å². The number of hydrogen-bond acceptors (Lipinski definition) is 4. The van der Waals surface area contributed by atoms with Gasteiger partial charge in [0.1, 0.15) is 17.2 Å². The van der Waals surface area contributed by atoms with Crippen LogP contribution in [0.1, 0.15) is 54.2 Å². The molecule has 0 bridgehead atoms. The molecular weight excluding hydrogens is 290 g/mol. The van der Waals surface area contributed by atoms with Crippen molar-refractivity contribution in [2.75, 3.05) is 18.8 Å². The van der Waals surface area contributed by atoms with Crippen molar-refractivity contribution >= 4 is 11.7 Å². The third-order valence-electron chi connectivity index (χ3n) is 5.23. The number of nitrogens with two attached hydrogens (primary N) is 1. The summed E-state index contributed by atoms with van der Waals surface area (Å²) in [5, 5.41) is 0. The van der Waals surface area contributed by atoms with Crippen molar-refractivity contribution in [1.29, 1.82) is 0 Å². The van der Waals surface area contributed by atoms with E-state index in [1.54, 1.807) is 4.90 Å². The first-order valence-corrected chi connectivity index (χ1v) is 7.71. The van der Waals surface area contributed by atoms with Crippen LogP contribution in [0.4, 0.5) is 14.6 Å². The Morgan fingerprint density at radius 2 is 1.95 bits per heavy atom. The average Bonchev–Trinajstić information content (AvgIpc) is 3.38. The first kappa shape index (κ1) is 13.8. The molecule has 0 atom stereocenters. The number of nitrogen functional groups attached to an aromatic ring is 1. The van der Waals surface area contributed by atoms with E-state index in [-0.39, 0.29) is 23.7 Å². The molecule has 3 aliphatic rings. The molecule has 1 spiro atoms. The molecule has 0 aromatic carbocycles. The Morgan fingerprint density at radius 1 is 1.32 bits per heavy atom. The second kappa shape index (κ2) is 4.36. The second-order valence-corrected chi connectivity index (χ2v) is 6.76. The Morgan fingerprint density at radius 3 is 2.45 bits per heavy atom. The van der Waals surface area contributed by atoms with Crippen LogP contribution in [0.2, 0.25) is 0 Å². The number of hydrogen-bond donors (Lipinski definition) is 1. The Kier molecular flexibility index (Phi) is 2.75. The van der Waals surface area contributed by atoms with Gasteiger partial charge in [-0.1, -0.05) is 0 Å². The van der Waals surface area contributed by atoms with E-state index in [1.807, 2.05) is 0 Å². The number of nitrogens with zero attached hydrogens (tertiary/aromatic N) is 3. The van der Waals surface area contributed by atoms with Gasteiger partial charge in [-0.3, -0.25) is 4.79 Å². The molecule has 3 fully saturated rings. The number of alkyl halides is 2. The molecule has 7 heteroatoms. The number of carbonyl (C=O) groups is 1. The molecule has 1 aromatic heterocycles. The van der Waals surface area contributed by atoms with Gasteiger partial charge in [0, 0.05) is 37.0 Å². The summed E-state index contributed by atoms with van der Waals surface area (Å²) in [6, 6.07) is 0. The fourth-order valence-corrected chi connectivity index (χ4v) is 3.34. The van der Waals surface area contributed by atoms with Crippen molar-refractivity contribution < 1.29 is 13.6 Å². The van der Waals surface area contributed by atoms with Crippen molar-refractivity contribution in [2.24, 2.45) is 5.41 Å². The molecule has 2 N–H and O–H groups in total. The minimum absolute atomic E-state index is 0.0383. The molecule has 0 unspecified atom stereocenters. The van der Waals surface area contributed by atoms with Crippen LogP contribution in [0, 0.1) is 5.41 Å².